The first-order chi connectivity index (χ1) is 15.7. The number of aromatic nitrogens is 3. The van der Waals surface area contributed by atoms with Gasteiger partial charge in [-0.3, -0.25) is 14.5 Å². The Bertz CT molecular complexity index is 952. The molecule has 2 aromatic heterocycles. The Hall–Kier alpha value is -2.24. The predicted molar refractivity (Wildman–Crippen MR) is 130 cm³/mol. The highest BCUT2D eigenvalue weighted by Crippen LogP contribution is 2.25. The lowest BCUT2D eigenvalue weighted by Crippen LogP contribution is -2.35. The number of amides is 2. The van der Waals surface area contributed by atoms with Crippen LogP contribution in [-0.4, -0.2) is 68.7 Å². The van der Waals surface area contributed by atoms with Gasteiger partial charge in [0.1, 0.15) is 5.76 Å². The van der Waals surface area contributed by atoms with E-state index in [1.54, 1.807) is 12.3 Å². The Morgan fingerprint density at radius 2 is 2.06 bits per heavy atom. The van der Waals surface area contributed by atoms with E-state index in [-0.39, 0.29) is 30.1 Å². The molecule has 0 aliphatic carbocycles. The molecule has 1 N–H and O–H groups in total. The van der Waals surface area contributed by atoms with E-state index in [2.05, 4.69) is 52.7 Å². The van der Waals surface area contributed by atoms with Crippen molar-refractivity contribution >= 4 is 40.0 Å². The van der Waals surface area contributed by atoms with Crippen molar-refractivity contribution in [1.29, 1.82) is 0 Å². The molecule has 33 heavy (non-hydrogen) atoms. The molecule has 1 aliphatic heterocycles. The highest BCUT2D eigenvalue weighted by molar-refractivity contribution is 8.01. The number of nitrogens with one attached hydrogen (secondary N) is 1. The smallest absolute Gasteiger partial charge is 0.226 e. The van der Waals surface area contributed by atoms with Crippen LogP contribution in [0.3, 0.4) is 0 Å². The molecule has 2 amide bonds. The second-order valence-corrected chi connectivity index (χ2v) is 11.1. The Morgan fingerprint density at radius 3 is 2.79 bits per heavy atom. The van der Waals surface area contributed by atoms with Gasteiger partial charge in [-0.2, -0.15) is 0 Å². The zero-order valence-electron chi connectivity index (χ0n) is 19.5. The lowest BCUT2D eigenvalue weighted by molar-refractivity contribution is -0.132. The summed E-state index contributed by atoms with van der Waals surface area (Å²) in [7, 11) is 0. The molecule has 0 spiro atoms. The maximum absolute atomic E-state index is 12.7. The van der Waals surface area contributed by atoms with Gasteiger partial charge in [-0.15, -0.1) is 16.8 Å². The number of hydrogen-bond donors (Lipinski definition) is 1. The molecule has 11 heteroatoms. The molecule has 0 atom stereocenters. The van der Waals surface area contributed by atoms with Crippen molar-refractivity contribution in [3.05, 3.63) is 30.5 Å². The number of anilines is 1. The van der Waals surface area contributed by atoms with Gasteiger partial charge in [0.15, 0.2) is 4.34 Å². The minimum atomic E-state index is -0.227. The van der Waals surface area contributed by atoms with Gasteiger partial charge in [0, 0.05) is 50.2 Å². The number of carbonyl (C=O) groups is 2. The Morgan fingerprint density at radius 1 is 1.24 bits per heavy atom. The van der Waals surface area contributed by atoms with Gasteiger partial charge in [-0.1, -0.05) is 49.9 Å². The summed E-state index contributed by atoms with van der Waals surface area (Å²) in [4.78, 5) is 33.4. The summed E-state index contributed by atoms with van der Waals surface area (Å²) in [5.41, 5.74) is -0.0671. The molecule has 0 bridgehead atoms. The van der Waals surface area contributed by atoms with Crippen LogP contribution in [-0.2, 0) is 21.5 Å². The molecule has 180 valence electrons. The van der Waals surface area contributed by atoms with Crippen molar-refractivity contribution in [2.75, 3.05) is 37.2 Å². The molecule has 3 rings (SSSR count). The molecule has 1 fully saturated rings. The van der Waals surface area contributed by atoms with Crippen molar-refractivity contribution in [3.63, 3.8) is 0 Å². The van der Waals surface area contributed by atoms with Crippen LogP contribution in [0.4, 0.5) is 5.13 Å². The van der Waals surface area contributed by atoms with Crippen LogP contribution in [0.15, 0.2) is 27.6 Å². The SMILES string of the molecule is C=CCSc1nnc(NC(=O)CCC(=O)N2CCCN(Cc3ncc(C(C)(C)C)o3)CC2)s1. The topological polar surface area (TPSA) is 104 Å². The van der Waals surface area contributed by atoms with Gasteiger partial charge in [-0.25, -0.2) is 4.98 Å². The predicted octanol–water partition coefficient (Wildman–Crippen LogP) is 3.55. The van der Waals surface area contributed by atoms with Gasteiger partial charge >= 0.3 is 0 Å². The number of oxazole rings is 1. The fourth-order valence-corrected chi connectivity index (χ4v) is 4.84. The first-order valence-electron chi connectivity index (χ1n) is 11.1. The average Bonchev–Trinajstić information content (AvgIpc) is 3.35. The molecule has 2 aromatic rings. The summed E-state index contributed by atoms with van der Waals surface area (Å²) in [6.07, 6.45) is 4.77. The quantitative estimate of drug-likeness (QED) is 0.322. The average molecular weight is 493 g/mol. The van der Waals surface area contributed by atoms with Crippen molar-refractivity contribution < 1.29 is 14.0 Å². The molecule has 9 nitrogen and oxygen atoms in total. The Kier molecular flexibility index (Phi) is 9.04. The summed E-state index contributed by atoms with van der Waals surface area (Å²) in [6, 6.07) is 0. The molecule has 1 aliphatic rings. The number of carbonyl (C=O) groups excluding carboxylic acids is 2. The van der Waals surface area contributed by atoms with Crippen LogP contribution in [0.2, 0.25) is 0 Å². The van der Waals surface area contributed by atoms with Crippen LogP contribution in [0.1, 0.15) is 51.7 Å². The molecule has 0 saturated carbocycles. The minimum absolute atomic E-state index is 0.00219. The van der Waals surface area contributed by atoms with E-state index in [9.17, 15) is 9.59 Å². The van der Waals surface area contributed by atoms with Crippen molar-refractivity contribution in [2.45, 2.75) is 56.3 Å². The molecule has 0 unspecified atom stereocenters. The van der Waals surface area contributed by atoms with Crippen LogP contribution < -0.4 is 5.32 Å². The third-order valence-corrected chi connectivity index (χ3v) is 7.10. The second kappa shape index (κ2) is 11.8. The summed E-state index contributed by atoms with van der Waals surface area (Å²) >= 11 is 2.83. The van der Waals surface area contributed by atoms with E-state index < -0.39 is 0 Å². The fraction of sp³-hybridized carbons (Fsp3) is 0.591. The highest BCUT2D eigenvalue weighted by atomic mass is 32.2. The van der Waals surface area contributed by atoms with Crippen LogP contribution in [0, 0.1) is 0 Å². The highest BCUT2D eigenvalue weighted by Gasteiger charge is 2.23. The zero-order chi connectivity index (χ0) is 23.8. The summed E-state index contributed by atoms with van der Waals surface area (Å²) in [5.74, 6) is 2.09. The summed E-state index contributed by atoms with van der Waals surface area (Å²) in [5, 5.41) is 11.2. The van der Waals surface area contributed by atoms with Gasteiger partial charge in [0.2, 0.25) is 22.8 Å². The lowest BCUT2D eigenvalue weighted by Gasteiger charge is -2.21. The Balaban J connectivity index is 1.41. The van der Waals surface area contributed by atoms with Gasteiger partial charge < -0.3 is 14.6 Å². The van der Waals surface area contributed by atoms with E-state index >= 15 is 0 Å². The van der Waals surface area contributed by atoms with Crippen LogP contribution in [0.5, 0.6) is 0 Å². The molecule has 3 heterocycles. The van der Waals surface area contributed by atoms with Crippen LogP contribution >= 0.6 is 23.1 Å². The maximum atomic E-state index is 12.7. The third kappa shape index (κ3) is 7.94. The van der Waals surface area contributed by atoms with E-state index in [0.29, 0.717) is 30.7 Å². The van der Waals surface area contributed by atoms with Gasteiger partial charge in [0.05, 0.1) is 12.7 Å². The van der Waals surface area contributed by atoms with E-state index in [4.69, 9.17) is 4.42 Å². The number of rotatable bonds is 9. The van der Waals surface area contributed by atoms with E-state index in [1.165, 1.54) is 23.1 Å². The molecule has 0 radical (unpaired) electrons. The van der Waals surface area contributed by atoms with Crippen molar-refractivity contribution in [3.8, 4) is 0 Å². The molecule has 0 aromatic carbocycles. The lowest BCUT2D eigenvalue weighted by atomic mass is 9.94. The first kappa shape index (κ1) is 25.4. The van der Waals surface area contributed by atoms with Gasteiger partial charge in [0.25, 0.3) is 0 Å². The molecular weight excluding hydrogens is 460 g/mol. The third-order valence-electron chi connectivity index (χ3n) is 5.14. The number of thioether (sulfide) groups is 1. The zero-order valence-corrected chi connectivity index (χ0v) is 21.1. The molecular formula is C22H32N6O3S2. The van der Waals surface area contributed by atoms with E-state index in [0.717, 1.165) is 35.4 Å². The number of hydrogen-bond acceptors (Lipinski definition) is 9. The monoisotopic (exact) mass is 492 g/mol. The van der Waals surface area contributed by atoms with Crippen molar-refractivity contribution in [2.24, 2.45) is 0 Å². The standard InChI is InChI=1S/C22H32N6O3S2/c1-5-13-32-21-26-25-20(33-21)24-17(29)7-8-19(30)28-10-6-9-27(11-12-28)15-18-23-14-16(31-18)22(2,3)4/h5,14H,1,6-13,15H2,2-4H3,(H,24,25,29). The van der Waals surface area contributed by atoms with Crippen molar-refractivity contribution in [1.82, 2.24) is 25.0 Å². The van der Waals surface area contributed by atoms with Gasteiger partial charge in [-0.05, 0) is 6.42 Å². The fourth-order valence-electron chi connectivity index (χ4n) is 3.31. The first-order valence-corrected chi connectivity index (χ1v) is 12.9. The number of nitrogens with zero attached hydrogens (tertiary/aromatic N) is 5. The maximum Gasteiger partial charge on any atom is 0.226 e. The largest absolute Gasteiger partial charge is 0.444 e. The molecule has 1 saturated heterocycles. The van der Waals surface area contributed by atoms with Crippen LogP contribution in [0.25, 0.3) is 0 Å². The normalized spacial score (nSPS) is 15.3. The second-order valence-electron chi connectivity index (χ2n) is 8.90. The minimum Gasteiger partial charge on any atom is -0.444 e. The summed E-state index contributed by atoms with van der Waals surface area (Å²) in [6.45, 7) is 13.5. The summed E-state index contributed by atoms with van der Waals surface area (Å²) < 4.78 is 6.68. The van der Waals surface area contributed by atoms with E-state index in [1.807, 2.05) is 4.90 Å². The Labute approximate surface area is 203 Å².